The zero-order chi connectivity index (χ0) is 13.5. The number of nitrogens with two attached hydrogens (primary N) is 1. The van der Waals surface area contributed by atoms with E-state index < -0.39 is 0 Å². The summed E-state index contributed by atoms with van der Waals surface area (Å²) < 4.78 is 6.02. The van der Waals surface area contributed by atoms with Crippen molar-refractivity contribution in [2.75, 3.05) is 6.61 Å². The van der Waals surface area contributed by atoms with Gasteiger partial charge in [0.25, 0.3) is 0 Å². The lowest BCUT2D eigenvalue weighted by Crippen LogP contribution is -2.42. The summed E-state index contributed by atoms with van der Waals surface area (Å²) in [6.45, 7) is 3.11. The molecule has 2 rings (SSSR count). The number of hydrogen-bond donors (Lipinski definition) is 1. The maximum Gasteiger partial charge on any atom is 0.0728 e. The molecule has 1 aromatic rings. The van der Waals surface area contributed by atoms with Gasteiger partial charge in [-0.15, -0.1) is 0 Å². The highest BCUT2D eigenvalue weighted by Crippen LogP contribution is 2.28. The number of benzene rings is 1. The van der Waals surface area contributed by atoms with Crippen LogP contribution >= 0.6 is 0 Å². The van der Waals surface area contributed by atoms with Crippen LogP contribution in [0.2, 0.25) is 0 Å². The van der Waals surface area contributed by atoms with Gasteiger partial charge < -0.3 is 10.5 Å². The first-order valence-corrected chi connectivity index (χ1v) is 7.70. The molecule has 0 spiro atoms. The zero-order valence-corrected chi connectivity index (χ0v) is 12.1. The quantitative estimate of drug-likeness (QED) is 0.795. The molecule has 3 unspecified atom stereocenters. The molecule has 0 bridgehead atoms. The highest BCUT2D eigenvalue weighted by atomic mass is 16.5. The van der Waals surface area contributed by atoms with Crippen molar-refractivity contribution < 1.29 is 4.74 Å². The molecular weight excluding hydrogens is 234 g/mol. The summed E-state index contributed by atoms with van der Waals surface area (Å²) in [5.41, 5.74) is 7.56. The second kappa shape index (κ2) is 7.66. The highest BCUT2D eigenvalue weighted by molar-refractivity contribution is 5.14. The Balaban J connectivity index is 1.67. The summed E-state index contributed by atoms with van der Waals surface area (Å²) >= 11 is 0. The van der Waals surface area contributed by atoms with Crippen LogP contribution in [-0.2, 0) is 11.2 Å². The molecule has 2 nitrogen and oxygen atoms in total. The Morgan fingerprint density at radius 1 is 1.21 bits per heavy atom. The van der Waals surface area contributed by atoms with E-state index in [1.54, 1.807) is 0 Å². The summed E-state index contributed by atoms with van der Waals surface area (Å²) in [6, 6.07) is 10.9. The fraction of sp³-hybridized carbons (Fsp3) is 0.647. The Hall–Kier alpha value is -0.860. The molecule has 2 heteroatoms. The SMILES string of the molecule is CCC1CCC(N)C(OCCCc2ccccc2)C1. The van der Waals surface area contributed by atoms with Gasteiger partial charge in [-0.25, -0.2) is 0 Å². The van der Waals surface area contributed by atoms with E-state index in [0.29, 0.717) is 0 Å². The van der Waals surface area contributed by atoms with E-state index in [4.69, 9.17) is 10.5 Å². The minimum atomic E-state index is 0.250. The molecule has 0 saturated heterocycles. The zero-order valence-electron chi connectivity index (χ0n) is 12.1. The van der Waals surface area contributed by atoms with Gasteiger partial charge in [0.15, 0.2) is 0 Å². The fourth-order valence-electron chi connectivity index (χ4n) is 2.95. The average Bonchev–Trinajstić information content (AvgIpc) is 2.46. The lowest BCUT2D eigenvalue weighted by Gasteiger charge is -2.33. The van der Waals surface area contributed by atoms with Crippen molar-refractivity contribution in [3.63, 3.8) is 0 Å². The molecule has 0 radical (unpaired) electrons. The van der Waals surface area contributed by atoms with E-state index in [1.165, 1.54) is 18.4 Å². The van der Waals surface area contributed by atoms with Crippen LogP contribution in [-0.4, -0.2) is 18.8 Å². The number of ether oxygens (including phenoxy) is 1. The maximum absolute atomic E-state index is 6.16. The van der Waals surface area contributed by atoms with Crippen molar-refractivity contribution in [3.05, 3.63) is 35.9 Å². The second-order valence-corrected chi connectivity index (χ2v) is 5.75. The molecule has 0 aromatic heterocycles. The van der Waals surface area contributed by atoms with Gasteiger partial charge in [-0.2, -0.15) is 0 Å². The largest absolute Gasteiger partial charge is 0.377 e. The highest BCUT2D eigenvalue weighted by Gasteiger charge is 2.27. The number of rotatable bonds is 6. The van der Waals surface area contributed by atoms with Crippen LogP contribution in [0.5, 0.6) is 0 Å². The third kappa shape index (κ3) is 4.63. The van der Waals surface area contributed by atoms with Crippen molar-refractivity contribution >= 4 is 0 Å². The summed E-state index contributed by atoms with van der Waals surface area (Å²) in [5.74, 6) is 0.818. The van der Waals surface area contributed by atoms with Gasteiger partial charge in [-0.3, -0.25) is 0 Å². The van der Waals surface area contributed by atoms with E-state index in [-0.39, 0.29) is 12.1 Å². The summed E-state index contributed by atoms with van der Waals surface area (Å²) in [6.07, 6.45) is 7.29. The molecule has 0 amide bonds. The minimum absolute atomic E-state index is 0.250. The summed E-state index contributed by atoms with van der Waals surface area (Å²) in [7, 11) is 0. The Morgan fingerprint density at radius 3 is 2.74 bits per heavy atom. The molecule has 3 atom stereocenters. The molecule has 106 valence electrons. The van der Waals surface area contributed by atoms with Crippen molar-refractivity contribution in [2.24, 2.45) is 11.7 Å². The standard InChI is InChI=1S/C17H27NO/c1-2-14-10-11-16(18)17(13-14)19-12-6-9-15-7-4-3-5-8-15/h3-5,7-8,14,16-17H,2,6,9-13,18H2,1H3. The smallest absolute Gasteiger partial charge is 0.0728 e. The van der Waals surface area contributed by atoms with Crippen molar-refractivity contribution in [2.45, 2.75) is 57.6 Å². The first-order chi connectivity index (χ1) is 9.29. The molecule has 1 aliphatic carbocycles. The molecule has 2 N–H and O–H groups in total. The third-order valence-corrected chi connectivity index (χ3v) is 4.31. The Bertz CT molecular complexity index is 352. The second-order valence-electron chi connectivity index (χ2n) is 5.75. The molecule has 1 saturated carbocycles. The van der Waals surface area contributed by atoms with E-state index in [1.807, 2.05) is 0 Å². The third-order valence-electron chi connectivity index (χ3n) is 4.31. The summed E-state index contributed by atoms with van der Waals surface area (Å²) in [5, 5.41) is 0. The number of hydrogen-bond acceptors (Lipinski definition) is 2. The number of aryl methyl sites for hydroxylation is 1. The lowest BCUT2D eigenvalue weighted by molar-refractivity contribution is -0.00164. The van der Waals surface area contributed by atoms with Crippen LogP contribution in [0, 0.1) is 5.92 Å². The molecule has 1 fully saturated rings. The van der Waals surface area contributed by atoms with Crippen molar-refractivity contribution in [1.29, 1.82) is 0 Å². The molecular formula is C17H27NO. The normalized spacial score (nSPS) is 27.4. The van der Waals surface area contributed by atoms with E-state index in [0.717, 1.165) is 38.2 Å². The maximum atomic E-state index is 6.16. The van der Waals surface area contributed by atoms with Gasteiger partial charge in [0.1, 0.15) is 0 Å². The fourth-order valence-corrected chi connectivity index (χ4v) is 2.95. The molecule has 1 aliphatic rings. The Kier molecular flexibility index (Phi) is 5.87. The van der Waals surface area contributed by atoms with Gasteiger partial charge in [-0.1, -0.05) is 43.7 Å². The van der Waals surface area contributed by atoms with Gasteiger partial charge in [0.05, 0.1) is 6.10 Å². The van der Waals surface area contributed by atoms with E-state index in [2.05, 4.69) is 37.3 Å². The average molecular weight is 261 g/mol. The van der Waals surface area contributed by atoms with Gasteiger partial charge in [0.2, 0.25) is 0 Å². The predicted octanol–water partition coefficient (Wildman–Crippen LogP) is 3.54. The van der Waals surface area contributed by atoms with E-state index >= 15 is 0 Å². The molecule has 19 heavy (non-hydrogen) atoms. The molecule has 0 aliphatic heterocycles. The van der Waals surface area contributed by atoms with Gasteiger partial charge >= 0.3 is 0 Å². The van der Waals surface area contributed by atoms with Crippen molar-refractivity contribution in [1.82, 2.24) is 0 Å². The lowest BCUT2D eigenvalue weighted by atomic mass is 9.83. The topological polar surface area (TPSA) is 35.2 Å². The van der Waals surface area contributed by atoms with Crippen molar-refractivity contribution in [3.8, 4) is 0 Å². The Morgan fingerprint density at radius 2 is 2.00 bits per heavy atom. The molecule has 0 heterocycles. The predicted molar refractivity (Wildman–Crippen MR) is 80.1 cm³/mol. The van der Waals surface area contributed by atoms with Crippen LogP contribution in [0.4, 0.5) is 0 Å². The van der Waals surface area contributed by atoms with Crippen LogP contribution in [0.15, 0.2) is 30.3 Å². The Labute approximate surface area is 117 Å². The van der Waals surface area contributed by atoms with Crippen LogP contribution in [0.1, 0.15) is 44.6 Å². The van der Waals surface area contributed by atoms with Crippen LogP contribution in [0.25, 0.3) is 0 Å². The van der Waals surface area contributed by atoms with Gasteiger partial charge in [0, 0.05) is 12.6 Å². The van der Waals surface area contributed by atoms with Gasteiger partial charge in [-0.05, 0) is 43.6 Å². The van der Waals surface area contributed by atoms with E-state index in [9.17, 15) is 0 Å². The monoisotopic (exact) mass is 261 g/mol. The molecule has 1 aromatic carbocycles. The van der Waals surface area contributed by atoms with Crippen LogP contribution in [0.3, 0.4) is 0 Å². The first kappa shape index (κ1) is 14.5. The first-order valence-electron chi connectivity index (χ1n) is 7.70. The summed E-state index contributed by atoms with van der Waals surface area (Å²) in [4.78, 5) is 0. The van der Waals surface area contributed by atoms with Crippen LogP contribution < -0.4 is 5.73 Å². The minimum Gasteiger partial charge on any atom is -0.377 e.